The highest BCUT2D eigenvalue weighted by molar-refractivity contribution is 5.82. The van der Waals surface area contributed by atoms with Gasteiger partial charge in [0.15, 0.2) is 0 Å². The Labute approximate surface area is 115 Å². The second-order valence-corrected chi connectivity index (χ2v) is 5.07. The van der Waals surface area contributed by atoms with E-state index >= 15 is 0 Å². The van der Waals surface area contributed by atoms with Gasteiger partial charge in [0.2, 0.25) is 5.96 Å². The third kappa shape index (κ3) is 3.68. The third-order valence-corrected chi connectivity index (χ3v) is 3.64. The van der Waals surface area contributed by atoms with E-state index in [0.717, 1.165) is 12.2 Å². The summed E-state index contributed by atoms with van der Waals surface area (Å²) in [5.74, 6) is 6.29. The molecular formula is C14H23N5. The molecule has 0 aromatic heterocycles. The van der Waals surface area contributed by atoms with Gasteiger partial charge < -0.3 is 9.80 Å². The lowest BCUT2D eigenvalue weighted by molar-refractivity contribution is 0.265. The molecule has 3 N–H and O–H groups in total. The second-order valence-electron chi connectivity index (χ2n) is 5.07. The summed E-state index contributed by atoms with van der Waals surface area (Å²) >= 11 is 0. The fraction of sp³-hybridized carbons (Fsp3) is 0.500. The van der Waals surface area contributed by atoms with E-state index in [0.29, 0.717) is 12.0 Å². The molecule has 1 atom stereocenters. The average molecular weight is 261 g/mol. The first-order valence-electron chi connectivity index (χ1n) is 6.72. The van der Waals surface area contributed by atoms with Crippen molar-refractivity contribution in [3.8, 4) is 0 Å². The van der Waals surface area contributed by atoms with Crippen LogP contribution in [0.1, 0.15) is 12.8 Å². The number of aliphatic imine (C=N–C) groups is 1. The standard InChI is InChI=1S/C14H23N5/c1-18-10-6-9-13(18)11-19(2)14(17-15)16-12-7-4-3-5-8-12/h3-5,7-8,13H,6,9-11,15H2,1-2H3,(H,16,17). The summed E-state index contributed by atoms with van der Waals surface area (Å²) in [5, 5.41) is 0. The molecule has 2 rings (SSSR count). The van der Waals surface area contributed by atoms with Crippen molar-refractivity contribution in [2.24, 2.45) is 10.8 Å². The Morgan fingerprint density at radius 3 is 2.79 bits per heavy atom. The summed E-state index contributed by atoms with van der Waals surface area (Å²) in [6.07, 6.45) is 2.51. The molecule has 5 heteroatoms. The molecule has 1 saturated heterocycles. The van der Waals surface area contributed by atoms with Crippen molar-refractivity contribution in [1.29, 1.82) is 0 Å². The molecule has 1 aliphatic heterocycles. The second kappa shape index (κ2) is 6.54. The number of likely N-dealkylation sites (N-methyl/N-ethyl adjacent to an activating group) is 2. The molecule has 1 unspecified atom stereocenters. The Morgan fingerprint density at radius 2 is 2.21 bits per heavy atom. The van der Waals surface area contributed by atoms with Gasteiger partial charge in [-0.2, -0.15) is 0 Å². The quantitative estimate of drug-likeness (QED) is 0.371. The lowest BCUT2D eigenvalue weighted by atomic mass is 10.2. The number of hydrogen-bond donors (Lipinski definition) is 2. The minimum Gasteiger partial charge on any atom is -0.343 e. The van der Waals surface area contributed by atoms with Crippen molar-refractivity contribution >= 4 is 11.6 Å². The van der Waals surface area contributed by atoms with Gasteiger partial charge in [-0.15, -0.1) is 0 Å². The van der Waals surface area contributed by atoms with Crippen LogP contribution < -0.4 is 11.3 Å². The highest BCUT2D eigenvalue weighted by Gasteiger charge is 2.23. The molecule has 0 bridgehead atoms. The number of nitrogens with zero attached hydrogens (tertiary/aromatic N) is 3. The van der Waals surface area contributed by atoms with Gasteiger partial charge in [0.1, 0.15) is 0 Å². The Balaban J connectivity index is 2.02. The lowest BCUT2D eigenvalue weighted by Gasteiger charge is -2.27. The van der Waals surface area contributed by atoms with Crippen LogP contribution in [0.25, 0.3) is 0 Å². The Bertz CT molecular complexity index is 417. The van der Waals surface area contributed by atoms with Crippen LogP contribution in [-0.2, 0) is 0 Å². The Morgan fingerprint density at radius 1 is 1.47 bits per heavy atom. The zero-order valence-electron chi connectivity index (χ0n) is 11.7. The van der Waals surface area contributed by atoms with Gasteiger partial charge in [-0.05, 0) is 38.6 Å². The fourth-order valence-corrected chi connectivity index (χ4v) is 2.47. The van der Waals surface area contributed by atoms with Crippen molar-refractivity contribution in [2.45, 2.75) is 18.9 Å². The molecule has 5 nitrogen and oxygen atoms in total. The zero-order valence-corrected chi connectivity index (χ0v) is 11.7. The number of hydrazine groups is 1. The first-order valence-corrected chi connectivity index (χ1v) is 6.72. The van der Waals surface area contributed by atoms with E-state index in [9.17, 15) is 0 Å². The summed E-state index contributed by atoms with van der Waals surface area (Å²) in [5.41, 5.74) is 3.60. The molecular weight excluding hydrogens is 238 g/mol. The van der Waals surface area contributed by atoms with Crippen molar-refractivity contribution in [3.63, 3.8) is 0 Å². The largest absolute Gasteiger partial charge is 0.343 e. The van der Waals surface area contributed by atoms with Gasteiger partial charge >= 0.3 is 0 Å². The smallest absolute Gasteiger partial charge is 0.213 e. The minimum atomic E-state index is 0.583. The highest BCUT2D eigenvalue weighted by atomic mass is 15.4. The van der Waals surface area contributed by atoms with E-state index in [-0.39, 0.29) is 0 Å². The molecule has 1 aliphatic rings. The van der Waals surface area contributed by atoms with Gasteiger partial charge in [-0.3, -0.25) is 5.43 Å². The van der Waals surface area contributed by atoms with E-state index in [1.54, 1.807) is 0 Å². The number of nitrogens with one attached hydrogen (secondary N) is 1. The molecule has 0 aliphatic carbocycles. The van der Waals surface area contributed by atoms with Gasteiger partial charge in [0.25, 0.3) is 0 Å². The topological polar surface area (TPSA) is 56.9 Å². The lowest BCUT2D eigenvalue weighted by Crippen LogP contribution is -2.47. The molecule has 19 heavy (non-hydrogen) atoms. The van der Waals surface area contributed by atoms with Gasteiger partial charge in [-0.25, -0.2) is 10.8 Å². The number of rotatable bonds is 3. The predicted molar refractivity (Wildman–Crippen MR) is 79.1 cm³/mol. The number of guanidine groups is 1. The third-order valence-electron chi connectivity index (χ3n) is 3.64. The average Bonchev–Trinajstić information content (AvgIpc) is 2.82. The van der Waals surface area contributed by atoms with Gasteiger partial charge in [-0.1, -0.05) is 18.2 Å². The summed E-state index contributed by atoms with van der Waals surface area (Å²) in [6.45, 7) is 2.12. The van der Waals surface area contributed by atoms with E-state index in [2.05, 4.69) is 27.3 Å². The summed E-state index contributed by atoms with van der Waals surface area (Å²) < 4.78 is 0. The molecule has 0 saturated carbocycles. The SMILES string of the molecule is CN(CC1CCCN1C)C(=Nc1ccccc1)NN. The first-order chi connectivity index (χ1) is 9.20. The van der Waals surface area contributed by atoms with E-state index in [4.69, 9.17) is 5.84 Å². The summed E-state index contributed by atoms with van der Waals surface area (Å²) in [6, 6.07) is 10.4. The molecule has 1 heterocycles. The van der Waals surface area contributed by atoms with E-state index < -0.39 is 0 Å². The number of nitrogens with two attached hydrogens (primary N) is 1. The fourth-order valence-electron chi connectivity index (χ4n) is 2.47. The predicted octanol–water partition coefficient (Wildman–Crippen LogP) is 1.16. The van der Waals surface area contributed by atoms with Crippen molar-refractivity contribution in [1.82, 2.24) is 15.2 Å². The molecule has 0 amide bonds. The van der Waals surface area contributed by atoms with Crippen molar-refractivity contribution in [3.05, 3.63) is 30.3 Å². The van der Waals surface area contributed by atoms with Crippen LogP contribution in [0.5, 0.6) is 0 Å². The number of likely N-dealkylation sites (tertiary alicyclic amines) is 1. The van der Waals surface area contributed by atoms with Crippen LogP contribution in [0.4, 0.5) is 5.69 Å². The van der Waals surface area contributed by atoms with E-state index in [1.807, 2.05) is 37.4 Å². The Kier molecular flexibility index (Phi) is 4.76. The van der Waals surface area contributed by atoms with Crippen LogP contribution in [0, 0.1) is 0 Å². The number of benzene rings is 1. The molecule has 1 aromatic carbocycles. The van der Waals surface area contributed by atoms with Crippen molar-refractivity contribution in [2.75, 3.05) is 27.2 Å². The minimum absolute atomic E-state index is 0.583. The summed E-state index contributed by atoms with van der Waals surface area (Å²) in [7, 11) is 4.20. The van der Waals surface area contributed by atoms with Gasteiger partial charge in [0.05, 0.1) is 5.69 Å². The van der Waals surface area contributed by atoms with Crippen LogP contribution in [0.15, 0.2) is 35.3 Å². The van der Waals surface area contributed by atoms with E-state index in [1.165, 1.54) is 19.4 Å². The van der Waals surface area contributed by atoms with Crippen LogP contribution in [0.2, 0.25) is 0 Å². The highest BCUT2D eigenvalue weighted by Crippen LogP contribution is 2.16. The number of hydrogen-bond acceptors (Lipinski definition) is 3. The Hall–Kier alpha value is -1.59. The van der Waals surface area contributed by atoms with Crippen LogP contribution >= 0.6 is 0 Å². The molecule has 1 fully saturated rings. The van der Waals surface area contributed by atoms with Gasteiger partial charge in [0, 0.05) is 19.6 Å². The molecule has 104 valence electrons. The first kappa shape index (κ1) is 13.8. The maximum atomic E-state index is 5.59. The maximum absolute atomic E-state index is 5.59. The molecule has 1 aromatic rings. The van der Waals surface area contributed by atoms with Crippen LogP contribution in [0.3, 0.4) is 0 Å². The zero-order chi connectivity index (χ0) is 13.7. The maximum Gasteiger partial charge on any atom is 0.213 e. The molecule has 0 spiro atoms. The number of para-hydroxylation sites is 1. The monoisotopic (exact) mass is 261 g/mol. The van der Waals surface area contributed by atoms with Crippen LogP contribution in [-0.4, -0.2) is 49.0 Å². The normalized spacial score (nSPS) is 20.6. The molecule has 0 radical (unpaired) electrons. The summed E-state index contributed by atoms with van der Waals surface area (Å²) in [4.78, 5) is 9.01. The van der Waals surface area contributed by atoms with Crippen molar-refractivity contribution < 1.29 is 0 Å².